The van der Waals surface area contributed by atoms with Gasteiger partial charge in [0.1, 0.15) is 24.6 Å². The second kappa shape index (κ2) is 5.43. The molecule has 0 saturated carbocycles. The summed E-state index contributed by atoms with van der Waals surface area (Å²) in [7, 11) is 0. The summed E-state index contributed by atoms with van der Waals surface area (Å²) >= 11 is 0. The Hall–Kier alpha value is -1.84. The first-order valence-electron chi connectivity index (χ1n) is 6.41. The molecule has 0 aliphatic carbocycles. The number of aliphatic hydroxyl groups is 1. The monoisotopic (exact) mass is 256 g/mol. The summed E-state index contributed by atoms with van der Waals surface area (Å²) in [5.74, 6) is 0.786. The number of hydrogen-bond donors (Lipinski definition) is 1. The largest absolute Gasteiger partial charge is 0.490 e. The topological polar surface area (TPSA) is 42.0 Å². The van der Waals surface area contributed by atoms with Crippen LogP contribution in [-0.4, -0.2) is 30.5 Å². The van der Waals surface area contributed by atoms with Crippen LogP contribution in [-0.2, 0) is 4.74 Å². The summed E-state index contributed by atoms with van der Waals surface area (Å²) in [5.41, 5.74) is 2.14. The number of aliphatic hydroxyl groups excluding tert-OH is 1. The van der Waals surface area contributed by atoms with E-state index in [2.05, 4.69) is 0 Å². The summed E-state index contributed by atoms with van der Waals surface area (Å²) in [5, 5.41) is 9.76. The Balaban J connectivity index is 1.77. The molecule has 1 N–H and O–H groups in total. The number of epoxide rings is 1. The summed E-state index contributed by atoms with van der Waals surface area (Å²) in [6, 6.07) is 17.9. The molecule has 3 heteroatoms. The molecule has 1 heterocycles. The molecule has 1 saturated heterocycles. The molecule has 2 atom stereocenters. The van der Waals surface area contributed by atoms with Crippen LogP contribution in [0.15, 0.2) is 54.6 Å². The van der Waals surface area contributed by atoms with Crippen molar-refractivity contribution < 1.29 is 14.6 Å². The van der Waals surface area contributed by atoms with E-state index in [4.69, 9.17) is 9.47 Å². The lowest BCUT2D eigenvalue weighted by molar-refractivity contribution is 0.0812. The first kappa shape index (κ1) is 12.2. The standard InChI is InChI=1S/C16H16O3/c17-14(16-11-19-16)10-18-15-9-5-4-8-13(15)12-6-2-1-3-7-12/h1-9,14,16-17H,10-11H2. The van der Waals surface area contributed by atoms with E-state index in [1.165, 1.54) is 0 Å². The Labute approximate surface area is 112 Å². The number of ether oxygens (including phenoxy) is 2. The molecule has 0 bridgehead atoms. The number of rotatable bonds is 5. The zero-order valence-corrected chi connectivity index (χ0v) is 10.5. The summed E-state index contributed by atoms with van der Waals surface area (Å²) in [6.07, 6.45) is -0.604. The zero-order chi connectivity index (χ0) is 13.1. The van der Waals surface area contributed by atoms with Gasteiger partial charge in [0.05, 0.1) is 6.61 Å². The second-order valence-electron chi connectivity index (χ2n) is 4.61. The van der Waals surface area contributed by atoms with Crippen LogP contribution in [0.5, 0.6) is 5.75 Å². The van der Waals surface area contributed by atoms with E-state index in [-0.39, 0.29) is 12.7 Å². The highest BCUT2D eigenvalue weighted by atomic mass is 16.6. The average molecular weight is 256 g/mol. The fourth-order valence-corrected chi connectivity index (χ4v) is 2.01. The molecular weight excluding hydrogens is 240 g/mol. The van der Waals surface area contributed by atoms with Crippen molar-refractivity contribution in [2.75, 3.05) is 13.2 Å². The minimum Gasteiger partial charge on any atom is -0.490 e. The maximum atomic E-state index is 9.76. The predicted molar refractivity (Wildman–Crippen MR) is 73.1 cm³/mol. The lowest BCUT2D eigenvalue weighted by Gasteiger charge is -2.13. The van der Waals surface area contributed by atoms with Crippen molar-refractivity contribution >= 4 is 0 Å². The molecule has 2 aromatic carbocycles. The molecule has 19 heavy (non-hydrogen) atoms. The molecule has 2 aromatic rings. The first-order valence-corrected chi connectivity index (χ1v) is 6.41. The second-order valence-corrected chi connectivity index (χ2v) is 4.61. The molecule has 0 spiro atoms. The fourth-order valence-electron chi connectivity index (χ4n) is 2.01. The van der Waals surface area contributed by atoms with Gasteiger partial charge in [-0.2, -0.15) is 0 Å². The molecule has 3 rings (SSSR count). The Morgan fingerprint density at radius 2 is 1.79 bits per heavy atom. The van der Waals surface area contributed by atoms with Crippen molar-refractivity contribution in [1.82, 2.24) is 0 Å². The third-order valence-electron chi connectivity index (χ3n) is 3.17. The van der Waals surface area contributed by atoms with Crippen molar-refractivity contribution in [3.63, 3.8) is 0 Å². The molecule has 1 aliphatic heterocycles. The number of para-hydroxylation sites is 1. The Kier molecular flexibility index (Phi) is 3.49. The fraction of sp³-hybridized carbons (Fsp3) is 0.250. The Morgan fingerprint density at radius 1 is 1.11 bits per heavy atom. The predicted octanol–water partition coefficient (Wildman–Crippen LogP) is 2.49. The molecular formula is C16H16O3. The van der Waals surface area contributed by atoms with E-state index < -0.39 is 6.10 Å². The van der Waals surface area contributed by atoms with E-state index in [0.29, 0.717) is 6.61 Å². The highest BCUT2D eigenvalue weighted by Gasteiger charge is 2.31. The van der Waals surface area contributed by atoms with E-state index in [0.717, 1.165) is 16.9 Å². The normalized spacial score (nSPS) is 18.9. The van der Waals surface area contributed by atoms with Crippen molar-refractivity contribution in [3.8, 4) is 16.9 Å². The van der Waals surface area contributed by atoms with Gasteiger partial charge in [0.25, 0.3) is 0 Å². The van der Waals surface area contributed by atoms with Crippen LogP contribution in [0.2, 0.25) is 0 Å². The van der Waals surface area contributed by atoms with E-state index in [9.17, 15) is 5.11 Å². The molecule has 2 unspecified atom stereocenters. The van der Waals surface area contributed by atoms with E-state index in [1.54, 1.807) is 0 Å². The van der Waals surface area contributed by atoms with E-state index in [1.807, 2.05) is 54.6 Å². The average Bonchev–Trinajstić information content (AvgIpc) is 3.31. The third kappa shape index (κ3) is 2.95. The Morgan fingerprint density at radius 3 is 2.53 bits per heavy atom. The SMILES string of the molecule is OC(COc1ccccc1-c1ccccc1)C1CO1. The lowest BCUT2D eigenvalue weighted by Crippen LogP contribution is -2.23. The van der Waals surface area contributed by atoms with Gasteiger partial charge in [-0.25, -0.2) is 0 Å². The van der Waals surface area contributed by atoms with Crippen LogP contribution < -0.4 is 4.74 Å². The van der Waals surface area contributed by atoms with Gasteiger partial charge in [0.2, 0.25) is 0 Å². The molecule has 3 nitrogen and oxygen atoms in total. The van der Waals surface area contributed by atoms with Crippen LogP contribution in [0.3, 0.4) is 0 Å². The molecule has 98 valence electrons. The van der Waals surface area contributed by atoms with Crippen LogP contribution in [0, 0.1) is 0 Å². The van der Waals surface area contributed by atoms with Gasteiger partial charge in [-0.15, -0.1) is 0 Å². The van der Waals surface area contributed by atoms with Gasteiger partial charge in [0.15, 0.2) is 0 Å². The Bertz CT molecular complexity index is 535. The number of hydrogen-bond acceptors (Lipinski definition) is 3. The quantitative estimate of drug-likeness (QED) is 0.836. The molecule has 0 amide bonds. The lowest BCUT2D eigenvalue weighted by atomic mass is 10.1. The third-order valence-corrected chi connectivity index (χ3v) is 3.17. The van der Waals surface area contributed by atoms with E-state index >= 15 is 0 Å². The molecule has 0 aromatic heterocycles. The molecule has 0 radical (unpaired) electrons. The smallest absolute Gasteiger partial charge is 0.127 e. The van der Waals surface area contributed by atoms with Crippen LogP contribution in [0.1, 0.15) is 0 Å². The summed E-state index contributed by atoms with van der Waals surface area (Å²) < 4.78 is 10.8. The van der Waals surface area contributed by atoms with Gasteiger partial charge in [0, 0.05) is 5.56 Å². The summed E-state index contributed by atoms with van der Waals surface area (Å²) in [4.78, 5) is 0. The van der Waals surface area contributed by atoms with Gasteiger partial charge in [-0.3, -0.25) is 0 Å². The highest BCUT2D eigenvalue weighted by Crippen LogP contribution is 2.29. The molecule has 1 fully saturated rings. The van der Waals surface area contributed by atoms with Crippen LogP contribution >= 0.6 is 0 Å². The first-order chi connectivity index (χ1) is 9.34. The van der Waals surface area contributed by atoms with Crippen molar-refractivity contribution in [3.05, 3.63) is 54.6 Å². The van der Waals surface area contributed by atoms with Gasteiger partial charge < -0.3 is 14.6 Å². The van der Waals surface area contributed by atoms with Crippen molar-refractivity contribution in [1.29, 1.82) is 0 Å². The van der Waals surface area contributed by atoms with Crippen LogP contribution in [0.25, 0.3) is 11.1 Å². The summed E-state index contributed by atoms with van der Waals surface area (Å²) in [6.45, 7) is 0.888. The number of benzene rings is 2. The van der Waals surface area contributed by atoms with Gasteiger partial charge in [-0.05, 0) is 11.6 Å². The maximum Gasteiger partial charge on any atom is 0.127 e. The zero-order valence-electron chi connectivity index (χ0n) is 10.5. The maximum absolute atomic E-state index is 9.76. The van der Waals surface area contributed by atoms with Crippen molar-refractivity contribution in [2.24, 2.45) is 0 Å². The molecule has 1 aliphatic rings. The van der Waals surface area contributed by atoms with Gasteiger partial charge in [-0.1, -0.05) is 48.5 Å². The van der Waals surface area contributed by atoms with Crippen molar-refractivity contribution in [2.45, 2.75) is 12.2 Å². The van der Waals surface area contributed by atoms with Gasteiger partial charge >= 0.3 is 0 Å². The minimum atomic E-state index is -0.552. The minimum absolute atomic E-state index is 0.0520. The van der Waals surface area contributed by atoms with Crippen LogP contribution in [0.4, 0.5) is 0 Å². The highest BCUT2D eigenvalue weighted by molar-refractivity contribution is 5.70.